The van der Waals surface area contributed by atoms with Crippen LogP contribution in [0.1, 0.15) is 5.69 Å². The Labute approximate surface area is 59.7 Å². The summed E-state index contributed by atoms with van der Waals surface area (Å²) >= 11 is 0. The summed E-state index contributed by atoms with van der Waals surface area (Å²) in [5.41, 5.74) is 1.30. The van der Waals surface area contributed by atoms with E-state index in [2.05, 4.69) is 16.7 Å². The molecule has 0 spiro atoms. The molecule has 2 heteroatoms. The lowest BCUT2D eigenvalue weighted by molar-refractivity contribution is 0.633. The number of hydrogen-bond acceptors (Lipinski definition) is 1. The van der Waals surface area contributed by atoms with Gasteiger partial charge in [-0.2, -0.15) is 5.26 Å². The van der Waals surface area contributed by atoms with Gasteiger partial charge in [-0.15, -0.1) is 0 Å². The Hall–Kier alpha value is -1.23. The molecule has 2 heterocycles. The fourth-order valence-electron chi connectivity index (χ4n) is 1.45. The Morgan fingerprint density at radius 1 is 1.70 bits per heavy atom. The molecule has 0 fully saturated rings. The second kappa shape index (κ2) is 1.88. The molecule has 1 aliphatic rings. The van der Waals surface area contributed by atoms with Gasteiger partial charge in [-0.25, -0.2) is 0 Å². The fourth-order valence-corrected chi connectivity index (χ4v) is 1.45. The monoisotopic (exact) mass is 132 g/mol. The minimum absolute atomic E-state index is 0.219. The van der Waals surface area contributed by atoms with E-state index in [0.717, 1.165) is 13.0 Å². The van der Waals surface area contributed by atoms with Crippen molar-refractivity contribution in [1.82, 2.24) is 4.57 Å². The minimum Gasteiger partial charge on any atom is -0.350 e. The summed E-state index contributed by atoms with van der Waals surface area (Å²) < 4.78 is 2.15. The molecule has 2 nitrogen and oxygen atoms in total. The first-order valence-electron chi connectivity index (χ1n) is 3.44. The molecule has 50 valence electrons. The van der Waals surface area contributed by atoms with Gasteiger partial charge in [0.15, 0.2) is 0 Å². The Morgan fingerprint density at radius 2 is 2.60 bits per heavy atom. The van der Waals surface area contributed by atoms with Crippen molar-refractivity contribution in [3.05, 3.63) is 24.0 Å². The Bertz CT molecular complexity index is 259. The van der Waals surface area contributed by atoms with Crippen molar-refractivity contribution in [2.75, 3.05) is 0 Å². The van der Waals surface area contributed by atoms with E-state index in [9.17, 15) is 0 Å². The lowest BCUT2D eigenvalue weighted by Gasteiger charge is -1.93. The molecule has 10 heavy (non-hydrogen) atoms. The first-order valence-corrected chi connectivity index (χ1v) is 3.44. The fraction of sp³-hybridized carbons (Fsp3) is 0.375. The average molecular weight is 132 g/mol. The van der Waals surface area contributed by atoms with Gasteiger partial charge in [0.25, 0.3) is 0 Å². The van der Waals surface area contributed by atoms with E-state index in [1.807, 2.05) is 12.3 Å². The molecule has 0 N–H and O–H groups in total. The van der Waals surface area contributed by atoms with Crippen LogP contribution in [0.25, 0.3) is 0 Å². The van der Waals surface area contributed by atoms with Gasteiger partial charge in [-0.1, -0.05) is 0 Å². The molecule has 1 aromatic rings. The summed E-state index contributed by atoms with van der Waals surface area (Å²) in [6.45, 7) is 0.888. The average Bonchev–Trinajstić information content (AvgIpc) is 2.42. The van der Waals surface area contributed by atoms with Crippen molar-refractivity contribution < 1.29 is 0 Å². The van der Waals surface area contributed by atoms with Crippen LogP contribution in [0.5, 0.6) is 0 Å². The molecule has 1 atom stereocenters. The van der Waals surface area contributed by atoms with E-state index in [1.165, 1.54) is 5.69 Å². The Morgan fingerprint density at radius 3 is 3.30 bits per heavy atom. The molecular weight excluding hydrogens is 124 g/mol. The highest BCUT2D eigenvalue weighted by atomic mass is 15.0. The van der Waals surface area contributed by atoms with Crippen LogP contribution in [-0.4, -0.2) is 4.57 Å². The van der Waals surface area contributed by atoms with Gasteiger partial charge >= 0.3 is 0 Å². The van der Waals surface area contributed by atoms with Crippen molar-refractivity contribution in [1.29, 1.82) is 5.26 Å². The van der Waals surface area contributed by atoms with Crippen LogP contribution in [-0.2, 0) is 13.0 Å². The van der Waals surface area contributed by atoms with Crippen molar-refractivity contribution in [2.24, 2.45) is 5.92 Å². The molecule has 0 bridgehead atoms. The number of nitrogens with zero attached hydrogens (tertiary/aromatic N) is 2. The molecule has 1 aromatic heterocycles. The summed E-state index contributed by atoms with van der Waals surface area (Å²) in [5.74, 6) is 0.219. The lowest BCUT2D eigenvalue weighted by Crippen LogP contribution is -1.97. The molecule has 0 amide bonds. The molecule has 1 unspecified atom stereocenters. The van der Waals surface area contributed by atoms with Crippen LogP contribution in [0.2, 0.25) is 0 Å². The molecule has 0 radical (unpaired) electrons. The quantitative estimate of drug-likeness (QED) is 0.521. The van der Waals surface area contributed by atoms with E-state index >= 15 is 0 Å². The van der Waals surface area contributed by atoms with Gasteiger partial charge in [-0.3, -0.25) is 0 Å². The molecule has 2 rings (SSSR count). The first kappa shape index (κ1) is 5.55. The minimum atomic E-state index is 0.219. The van der Waals surface area contributed by atoms with Crippen molar-refractivity contribution >= 4 is 0 Å². The highest BCUT2D eigenvalue weighted by Gasteiger charge is 2.18. The van der Waals surface area contributed by atoms with Crippen LogP contribution in [0.3, 0.4) is 0 Å². The van der Waals surface area contributed by atoms with Crippen LogP contribution in [0, 0.1) is 17.2 Å². The molecule has 0 saturated heterocycles. The largest absolute Gasteiger partial charge is 0.350 e. The van der Waals surface area contributed by atoms with Crippen molar-refractivity contribution in [2.45, 2.75) is 13.0 Å². The van der Waals surface area contributed by atoms with Crippen LogP contribution < -0.4 is 0 Å². The summed E-state index contributed by atoms with van der Waals surface area (Å²) in [6.07, 6.45) is 2.97. The van der Waals surface area contributed by atoms with E-state index in [1.54, 1.807) is 0 Å². The van der Waals surface area contributed by atoms with E-state index in [0.29, 0.717) is 0 Å². The van der Waals surface area contributed by atoms with Crippen molar-refractivity contribution in [3.63, 3.8) is 0 Å². The number of hydrogen-bond donors (Lipinski definition) is 0. The zero-order valence-electron chi connectivity index (χ0n) is 5.62. The highest BCUT2D eigenvalue weighted by Crippen LogP contribution is 2.19. The van der Waals surface area contributed by atoms with Gasteiger partial charge in [0.05, 0.1) is 12.0 Å². The number of nitriles is 1. The standard InChI is InChI=1S/C8H8N2/c9-5-7-4-8-2-1-3-10(8)6-7/h1-3,7H,4,6H2. The maximum atomic E-state index is 8.59. The van der Waals surface area contributed by atoms with Crippen LogP contribution in [0.4, 0.5) is 0 Å². The molecule has 0 saturated carbocycles. The van der Waals surface area contributed by atoms with Gasteiger partial charge in [0.1, 0.15) is 0 Å². The predicted molar refractivity (Wildman–Crippen MR) is 37.2 cm³/mol. The zero-order chi connectivity index (χ0) is 6.97. The SMILES string of the molecule is N#CC1Cc2cccn2C1. The Kier molecular flexibility index (Phi) is 1.04. The summed E-state index contributed by atoms with van der Waals surface area (Å²) in [5, 5.41) is 8.59. The third kappa shape index (κ3) is 0.640. The van der Waals surface area contributed by atoms with E-state index in [-0.39, 0.29) is 5.92 Å². The van der Waals surface area contributed by atoms with Gasteiger partial charge in [0.2, 0.25) is 0 Å². The molecule has 1 aliphatic heterocycles. The smallest absolute Gasteiger partial charge is 0.0697 e. The van der Waals surface area contributed by atoms with Crippen LogP contribution >= 0.6 is 0 Å². The lowest BCUT2D eigenvalue weighted by atomic mass is 10.1. The third-order valence-corrected chi connectivity index (χ3v) is 1.98. The van der Waals surface area contributed by atoms with E-state index < -0.39 is 0 Å². The number of rotatable bonds is 0. The van der Waals surface area contributed by atoms with Crippen LogP contribution in [0.15, 0.2) is 18.3 Å². The number of fused-ring (bicyclic) bond motifs is 1. The maximum Gasteiger partial charge on any atom is 0.0697 e. The maximum absolute atomic E-state index is 8.59. The van der Waals surface area contributed by atoms with Gasteiger partial charge in [-0.05, 0) is 12.1 Å². The first-order chi connectivity index (χ1) is 4.90. The molecule has 0 aliphatic carbocycles. The normalized spacial score (nSPS) is 22.1. The van der Waals surface area contributed by atoms with Crippen molar-refractivity contribution in [3.8, 4) is 6.07 Å². The molecular formula is C8H8N2. The second-order valence-corrected chi connectivity index (χ2v) is 2.68. The van der Waals surface area contributed by atoms with Gasteiger partial charge < -0.3 is 4.57 Å². The number of aromatic nitrogens is 1. The summed E-state index contributed by atoms with van der Waals surface area (Å²) in [6, 6.07) is 6.39. The third-order valence-electron chi connectivity index (χ3n) is 1.98. The Balaban J connectivity index is 2.31. The molecule has 0 aromatic carbocycles. The topological polar surface area (TPSA) is 28.7 Å². The predicted octanol–water partition coefficient (Wildman–Crippen LogP) is 1.18. The summed E-state index contributed by atoms with van der Waals surface area (Å²) in [4.78, 5) is 0. The van der Waals surface area contributed by atoms with E-state index in [4.69, 9.17) is 5.26 Å². The highest BCUT2D eigenvalue weighted by molar-refractivity contribution is 5.14. The second-order valence-electron chi connectivity index (χ2n) is 2.68. The zero-order valence-corrected chi connectivity index (χ0v) is 5.62. The summed E-state index contributed by atoms with van der Waals surface area (Å²) in [7, 11) is 0. The van der Waals surface area contributed by atoms with Gasteiger partial charge in [0, 0.05) is 24.9 Å².